The molecular formula is C18H23N3O4. The van der Waals surface area contributed by atoms with Crippen molar-refractivity contribution in [3.05, 3.63) is 41.6 Å². The van der Waals surface area contributed by atoms with Crippen molar-refractivity contribution in [2.75, 3.05) is 19.8 Å². The molecule has 2 atom stereocenters. The van der Waals surface area contributed by atoms with Crippen LogP contribution in [0.15, 0.2) is 29.0 Å². The quantitative estimate of drug-likeness (QED) is 0.913. The van der Waals surface area contributed by atoms with Crippen LogP contribution in [0.1, 0.15) is 47.2 Å². The summed E-state index contributed by atoms with van der Waals surface area (Å²) in [6.07, 6.45) is 5.97. The summed E-state index contributed by atoms with van der Waals surface area (Å²) in [4.78, 5) is 14.9. The van der Waals surface area contributed by atoms with E-state index in [0.717, 1.165) is 31.5 Å². The van der Waals surface area contributed by atoms with E-state index in [2.05, 4.69) is 5.10 Å². The fraction of sp³-hybridized carbons (Fsp3) is 0.556. The first-order valence-corrected chi connectivity index (χ1v) is 8.89. The molecule has 4 rings (SSSR count). The van der Waals surface area contributed by atoms with Gasteiger partial charge in [0, 0.05) is 19.5 Å². The summed E-state index contributed by atoms with van der Waals surface area (Å²) in [6, 6.07) is 3.31. The zero-order valence-electron chi connectivity index (χ0n) is 14.1. The zero-order chi connectivity index (χ0) is 17.2. The average Bonchev–Trinajstić information content (AvgIpc) is 3.31. The van der Waals surface area contributed by atoms with Crippen molar-refractivity contribution in [1.82, 2.24) is 14.7 Å². The number of hydrogen-bond acceptors (Lipinski definition) is 5. The highest BCUT2D eigenvalue weighted by molar-refractivity contribution is 5.95. The molecule has 0 bridgehead atoms. The number of aromatic nitrogens is 2. The number of furan rings is 1. The van der Waals surface area contributed by atoms with Crippen molar-refractivity contribution < 1.29 is 19.1 Å². The third kappa shape index (κ3) is 3.21. The van der Waals surface area contributed by atoms with E-state index < -0.39 is 6.10 Å². The Labute approximate surface area is 146 Å². The van der Waals surface area contributed by atoms with Gasteiger partial charge in [0.25, 0.3) is 5.91 Å². The molecule has 2 aliphatic rings. The highest BCUT2D eigenvalue weighted by Crippen LogP contribution is 2.26. The molecule has 2 aromatic rings. The number of fused-ring (bicyclic) bond motifs is 1. The molecule has 2 aromatic heterocycles. The summed E-state index contributed by atoms with van der Waals surface area (Å²) < 4.78 is 12.8. The van der Waals surface area contributed by atoms with Crippen LogP contribution in [0.2, 0.25) is 0 Å². The monoisotopic (exact) mass is 345 g/mol. The molecule has 1 fully saturated rings. The normalized spacial score (nSPS) is 21.8. The maximum Gasteiger partial charge on any atom is 0.257 e. The summed E-state index contributed by atoms with van der Waals surface area (Å²) >= 11 is 0. The number of aliphatic hydroxyl groups is 1. The molecule has 1 amide bonds. The van der Waals surface area contributed by atoms with Crippen LogP contribution in [-0.4, -0.2) is 51.5 Å². The lowest BCUT2D eigenvalue weighted by Crippen LogP contribution is -2.49. The van der Waals surface area contributed by atoms with Gasteiger partial charge < -0.3 is 19.2 Å². The molecule has 0 radical (unpaired) electrons. The van der Waals surface area contributed by atoms with E-state index in [9.17, 15) is 9.90 Å². The number of nitrogens with zero attached hydrogens (tertiary/aromatic N) is 3. The van der Waals surface area contributed by atoms with E-state index in [-0.39, 0.29) is 11.9 Å². The summed E-state index contributed by atoms with van der Waals surface area (Å²) in [5, 5.41) is 14.8. The summed E-state index contributed by atoms with van der Waals surface area (Å²) in [7, 11) is 0. The minimum Gasteiger partial charge on any atom is -0.467 e. The van der Waals surface area contributed by atoms with Gasteiger partial charge in [0.05, 0.1) is 43.0 Å². The Morgan fingerprint density at radius 3 is 3.16 bits per heavy atom. The maximum absolute atomic E-state index is 13.1. The second-order valence-electron chi connectivity index (χ2n) is 6.68. The number of hydrogen-bond donors (Lipinski definition) is 1. The number of aryl methyl sites for hydroxylation is 1. The van der Waals surface area contributed by atoms with Crippen LogP contribution in [0, 0.1) is 0 Å². The number of aliphatic hydroxyl groups excluding tert-OH is 1. The van der Waals surface area contributed by atoms with Gasteiger partial charge in [0.2, 0.25) is 0 Å². The van der Waals surface area contributed by atoms with Gasteiger partial charge in [-0.05, 0) is 31.4 Å². The van der Waals surface area contributed by atoms with Gasteiger partial charge in [-0.25, -0.2) is 0 Å². The van der Waals surface area contributed by atoms with Crippen molar-refractivity contribution in [3.63, 3.8) is 0 Å². The van der Waals surface area contributed by atoms with Gasteiger partial charge in [-0.3, -0.25) is 9.48 Å². The highest BCUT2D eigenvalue weighted by atomic mass is 16.5. The predicted molar refractivity (Wildman–Crippen MR) is 89.1 cm³/mol. The minimum absolute atomic E-state index is 0.0110. The van der Waals surface area contributed by atoms with Gasteiger partial charge in [0.15, 0.2) is 0 Å². The largest absolute Gasteiger partial charge is 0.467 e. The Morgan fingerprint density at radius 2 is 2.32 bits per heavy atom. The Morgan fingerprint density at radius 1 is 1.40 bits per heavy atom. The molecule has 7 nitrogen and oxygen atoms in total. The van der Waals surface area contributed by atoms with E-state index in [4.69, 9.17) is 9.15 Å². The third-order valence-corrected chi connectivity index (χ3v) is 5.07. The Kier molecular flexibility index (Phi) is 4.59. The number of amides is 1. The average molecular weight is 345 g/mol. The van der Waals surface area contributed by atoms with Gasteiger partial charge in [0.1, 0.15) is 11.9 Å². The Balaban J connectivity index is 1.52. The van der Waals surface area contributed by atoms with Gasteiger partial charge in [-0.2, -0.15) is 5.10 Å². The molecular weight excluding hydrogens is 322 g/mol. The molecule has 1 N–H and O–H groups in total. The van der Waals surface area contributed by atoms with Crippen LogP contribution in [0.5, 0.6) is 0 Å². The fourth-order valence-electron chi connectivity index (χ4n) is 3.73. The molecule has 0 spiro atoms. The molecule has 0 unspecified atom stereocenters. The smallest absolute Gasteiger partial charge is 0.257 e. The first-order valence-electron chi connectivity index (χ1n) is 8.89. The second-order valence-corrected chi connectivity index (χ2v) is 6.68. The van der Waals surface area contributed by atoms with E-state index >= 15 is 0 Å². The molecule has 134 valence electrons. The van der Waals surface area contributed by atoms with Crippen molar-refractivity contribution in [2.24, 2.45) is 0 Å². The number of carbonyl (C=O) groups excluding carboxylic acids is 1. The predicted octanol–water partition coefficient (Wildman–Crippen LogP) is 1.78. The first-order chi connectivity index (χ1) is 12.2. The molecule has 1 saturated heterocycles. The first kappa shape index (κ1) is 16.4. The Bertz CT molecular complexity index is 725. The zero-order valence-corrected chi connectivity index (χ0v) is 14.1. The molecule has 4 heterocycles. The lowest BCUT2D eigenvalue weighted by Gasteiger charge is -2.36. The lowest BCUT2D eigenvalue weighted by molar-refractivity contribution is -0.0196. The maximum atomic E-state index is 13.1. The van der Waals surface area contributed by atoms with Crippen molar-refractivity contribution in [3.8, 4) is 0 Å². The van der Waals surface area contributed by atoms with Crippen LogP contribution in [0.25, 0.3) is 0 Å². The van der Waals surface area contributed by atoms with Gasteiger partial charge >= 0.3 is 0 Å². The Hall–Kier alpha value is -2.12. The van der Waals surface area contributed by atoms with E-state index in [1.807, 2.05) is 9.58 Å². The minimum atomic E-state index is -0.752. The van der Waals surface area contributed by atoms with Crippen LogP contribution in [0.3, 0.4) is 0 Å². The number of rotatable bonds is 4. The van der Waals surface area contributed by atoms with E-state index in [1.54, 1.807) is 18.3 Å². The van der Waals surface area contributed by atoms with Crippen molar-refractivity contribution in [2.45, 2.75) is 44.4 Å². The third-order valence-electron chi connectivity index (χ3n) is 5.07. The summed E-state index contributed by atoms with van der Waals surface area (Å²) in [5.74, 6) is 0.504. The SMILES string of the molecule is O=C(c1cnn2c1CCCC2)N1CCOC[C@H]1C[C@@H](O)c1ccco1. The van der Waals surface area contributed by atoms with Crippen LogP contribution >= 0.6 is 0 Å². The molecule has 0 aliphatic carbocycles. The molecule has 2 aliphatic heterocycles. The van der Waals surface area contributed by atoms with E-state index in [0.29, 0.717) is 37.5 Å². The summed E-state index contributed by atoms with van der Waals surface area (Å²) in [5.41, 5.74) is 1.73. The number of ether oxygens (including phenoxy) is 1. The summed E-state index contributed by atoms with van der Waals surface area (Å²) in [6.45, 7) is 2.35. The topological polar surface area (TPSA) is 80.7 Å². The van der Waals surface area contributed by atoms with E-state index in [1.165, 1.54) is 6.26 Å². The van der Waals surface area contributed by atoms with Crippen LogP contribution in [0.4, 0.5) is 0 Å². The fourth-order valence-corrected chi connectivity index (χ4v) is 3.73. The van der Waals surface area contributed by atoms with Crippen LogP contribution in [-0.2, 0) is 17.7 Å². The molecule has 0 aromatic carbocycles. The lowest BCUT2D eigenvalue weighted by atomic mass is 10.0. The van der Waals surface area contributed by atoms with Crippen molar-refractivity contribution in [1.29, 1.82) is 0 Å². The number of carbonyl (C=O) groups is 1. The molecule has 25 heavy (non-hydrogen) atoms. The van der Waals surface area contributed by atoms with Gasteiger partial charge in [-0.15, -0.1) is 0 Å². The molecule has 7 heteroatoms. The number of morpholine rings is 1. The standard InChI is InChI=1S/C18H23N3O4/c22-16(17-5-3-8-25-17)10-13-12-24-9-7-20(13)18(23)14-11-19-21-6-2-1-4-15(14)21/h3,5,8,11,13,16,22H,1-2,4,6-7,9-10,12H2/t13-,16-/m1/s1. The second kappa shape index (κ2) is 7.01. The van der Waals surface area contributed by atoms with Gasteiger partial charge in [-0.1, -0.05) is 0 Å². The highest BCUT2D eigenvalue weighted by Gasteiger charge is 2.33. The van der Waals surface area contributed by atoms with Crippen LogP contribution < -0.4 is 0 Å². The van der Waals surface area contributed by atoms with Crippen molar-refractivity contribution >= 4 is 5.91 Å². The molecule has 0 saturated carbocycles.